The van der Waals surface area contributed by atoms with E-state index >= 15 is 0 Å². The number of fused-ring (bicyclic) bond motifs is 1. The van der Waals surface area contributed by atoms with Gasteiger partial charge in [-0.1, -0.05) is 48.5 Å². The molecule has 2 aliphatic heterocycles. The SMILES string of the molecule is CC(=O)N1c2ccc(-c3ccc(S(C)(=O)=O)cc3)cc2N(C(=O)C2CSC(c3ccccc3)N2)C[C@@H]1C. The molecule has 0 bridgehead atoms. The van der Waals surface area contributed by atoms with Gasteiger partial charge < -0.3 is 9.80 Å². The first-order valence-electron chi connectivity index (χ1n) is 12.1. The molecule has 2 heterocycles. The van der Waals surface area contributed by atoms with Crippen molar-refractivity contribution in [1.82, 2.24) is 5.32 Å². The van der Waals surface area contributed by atoms with Crippen molar-refractivity contribution in [1.29, 1.82) is 0 Å². The van der Waals surface area contributed by atoms with Gasteiger partial charge in [-0.15, -0.1) is 11.8 Å². The van der Waals surface area contributed by atoms with Crippen LogP contribution < -0.4 is 15.1 Å². The molecule has 0 aromatic heterocycles. The Bertz CT molecular complexity index is 1440. The fourth-order valence-corrected chi connectivity index (χ4v) is 6.87. The number of amides is 2. The van der Waals surface area contributed by atoms with Crippen molar-refractivity contribution < 1.29 is 18.0 Å². The quantitative estimate of drug-likeness (QED) is 0.538. The van der Waals surface area contributed by atoms with Crippen LogP contribution in [-0.4, -0.2) is 50.9 Å². The number of carbonyl (C=O) groups excluding carboxylic acids is 2. The molecule has 3 aromatic rings. The summed E-state index contributed by atoms with van der Waals surface area (Å²) in [6.07, 6.45) is 1.18. The van der Waals surface area contributed by atoms with Gasteiger partial charge >= 0.3 is 0 Å². The molecule has 0 saturated carbocycles. The summed E-state index contributed by atoms with van der Waals surface area (Å²) in [6, 6.07) is 21.9. The van der Waals surface area contributed by atoms with Crippen molar-refractivity contribution in [2.75, 3.05) is 28.4 Å². The molecular weight excluding hydrogens is 506 g/mol. The van der Waals surface area contributed by atoms with Gasteiger partial charge in [0.25, 0.3) is 0 Å². The van der Waals surface area contributed by atoms with Crippen LogP contribution in [-0.2, 0) is 19.4 Å². The Hall–Kier alpha value is -3.14. The van der Waals surface area contributed by atoms with E-state index in [0.717, 1.165) is 16.7 Å². The lowest BCUT2D eigenvalue weighted by Gasteiger charge is -2.41. The molecule has 37 heavy (non-hydrogen) atoms. The summed E-state index contributed by atoms with van der Waals surface area (Å²) in [5.41, 5.74) is 4.18. The van der Waals surface area contributed by atoms with E-state index in [1.165, 1.54) is 13.2 Å². The van der Waals surface area contributed by atoms with Crippen LogP contribution in [0.25, 0.3) is 11.1 Å². The normalized spacial score (nSPS) is 21.5. The van der Waals surface area contributed by atoms with Gasteiger partial charge in [0.2, 0.25) is 11.8 Å². The number of carbonyl (C=O) groups is 2. The van der Waals surface area contributed by atoms with Crippen molar-refractivity contribution in [3.05, 3.63) is 78.4 Å². The van der Waals surface area contributed by atoms with Crippen molar-refractivity contribution in [3.63, 3.8) is 0 Å². The third kappa shape index (κ3) is 5.03. The Labute approximate surface area is 221 Å². The van der Waals surface area contributed by atoms with E-state index in [2.05, 4.69) is 17.4 Å². The van der Waals surface area contributed by atoms with Gasteiger partial charge in [-0.25, -0.2) is 8.42 Å². The Balaban J connectivity index is 1.49. The van der Waals surface area contributed by atoms with Crippen LogP contribution in [0, 0.1) is 0 Å². The van der Waals surface area contributed by atoms with Crippen molar-refractivity contribution in [2.24, 2.45) is 0 Å². The first kappa shape index (κ1) is 25.5. The highest BCUT2D eigenvalue weighted by Gasteiger charge is 2.39. The molecule has 3 atom stereocenters. The predicted octanol–water partition coefficient (Wildman–Crippen LogP) is 4.25. The Morgan fingerprint density at radius 1 is 0.946 bits per heavy atom. The summed E-state index contributed by atoms with van der Waals surface area (Å²) in [5, 5.41) is 3.53. The molecule has 3 aromatic carbocycles. The van der Waals surface area contributed by atoms with Crippen LogP contribution in [0.1, 0.15) is 24.8 Å². The average Bonchev–Trinajstić information content (AvgIpc) is 3.38. The highest BCUT2D eigenvalue weighted by Crippen LogP contribution is 2.40. The second-order valence-corrected chi connectivity index (χ2v) is 12.7. The molecule has 9 heteroatoms. The molecule has 5 rings (SSSR count). The third-order valence-electron chi connectivity index (χ3n) is 6.82. The highest BCUT2D eigenvalue weighted by molar-refractivity contribution is 7.99. The second-order valence-electron chi connectivity index (χ2n) is 9.53. The Morgan fingerprint density at radius 2 is 1.62 bits per heavy atom. The number of hydrogen-bond acceptors (Lipinski definition) is 6. The first-order valence-corrected chi connectivity index (χ1v) is 15.1. The smallest absolute Gasteiger partial charge is 0.245 e. The van der Waals surface area contributed by atoms with E-state index in [1.54, 1.807) is 45.8 Å². The van der Waals surface area contributed by atoms with Crippen molar-refractivity contribution in [3.8, 4) is 11.1 Å². The summed E-state index contributed by atoms with van der Waals surface area (Å²) in [4.78, 5) is 30.2. The minimum atomic E-state index is -3.30. The van der Waals surface area contributed by atoms with Crippen LogP contribution in [0.15, 0.2) is 77.7 Å². The van der Waals surface area contributed by atoms with E-state index in [-0.39, 0.29) is 34.2 Å². The molecule has 1 fully saturated rings. The maximum Gasteiger partial charge on any atom is 0.245 e. The zero-order valence-corrected chi connectivity index (χ0v) is 22.6. The molecular formula is C28H29N3O4S2. The van der Waals surface area contributed by atoms with Gasteiger partial charge in [-0.05, 0) is 47.9 Å². The zero-order valence-electron chi connectivity index (χ0n) is 20.9. The lowest BCUT2D eigenvalue weighted by molar-refractivity contribution is -0.121. The van der Waals surface area contributed by atoms with Crippen LogP contribution >= 0.6 is 11.8 Å². The number of nitrogens with one attached hydrogen (secondary N) is 1. The Kier molecular flexibility index (Phi) is 6.87. The molecule has 0 spiro atoms. The van der Waals surface area contributed by atoms with Crippen LogP contribution in [0.2, 0.25) is 0 Å². The molecule has 1 saturated heterocycles. The summed E-state index contributed by atoms with van der Waals surface area (Å²) < 4.78 is 23.7. The minimum Gasteiger partial charge on any atom is -0.307 e. The first-order chi connectivity index (χ1) is 17.6. The lowest BCUT2D eigenvalue weighted by atomic mass is 10.00. The molecule has 2 aliphatic rings. The standard InChI is InChI=1S/C28H29N3O4S2/c1-18-16-30(28(33)24-17-36-27(29-24)21-7-5-4-6-8-21)26-15-22(11-14-25(26)31(18)19(2)32)20-9-12-23(13-10-20)37(3,34)35/h4-15,18,24,27,29H,16-17H2,1-3H3/t18-,24?,27?/m0/s1. The minimum absolute atomic E-state index is 0.0215. The van der Waals surface area contributed by atoms with E-state index in [4.69, 9.17) is 0 Å². The van der Waals surface area contributed by atoms with Gasteiger partial charge in [0.15, 0.2) is 9.84 Å². The largest absolute Gasteiger partial charge is 0.307 e. The second kappa shape index (κ2) is 9.96. The van der Waals surface area contributed by atoms with Crippen LogP contribution in [0.3, 0.4) is 0 Å². The summed E-state index contributed by atoms with van der Waals surface area (Å²) in [5.74, 6) is 0.554. The predicted molar refractivity (Wildman–Crippen MR) is 149 cm³/mol. The number of nitrogens with zero attached hydrogens (tertiary/aromatic N) is 2. The van der Waals surface area contributed by atoms with E-state index in [9.17, 15) is 18.0 Å². The van der Waals surface area contributed by atoms with Crippen molar-refractivity contribution in [2.45, 2.75) is 36.2 Å². The van der Waals surface area contributed by atoms with Gasteiger partial charge in [0.05, 0.1) is 33.7 Å². The van der Waals surface area contributed by atoms with E-state index in [0.29, 0.717) is 23.7 Å². The zero-order chi connectivity index (χ0) is 26.3. The van der Waals surface area contributed by atoms with Gasteiger partial charge in [-0.2, -0.15) is 0 Å². The topological polar surface area (TPSA) is 86.8 Å². The monoisotopic (exact) mass is 535 g/mol. The maximum absolute atomic E-state index is 13.8. The fraction of sp³-hybridized carbons (Fsp3) is 0.286. The maximum atomic E-state index is 13.8. The number of benzene rings is 3. The van der Waals surface area contributed by atoms with E-state index < -0.39 is 9.84 Å². The molecule has 0 aliphatic carbocycles. The van der Waals surface area contributed by atoms with Crippen molar-refractivity contribution >= 4 is 44.8 Å². The Morgan fingerprint density at radius 3 is 2.27 bits per heavy atom. The number of thioether (sulfide) groups is 1. The van der Waals surface area contributed by atoms with Gasteiger partial charge in [0, 0.05) is 25.5 Å². The summed E-state index contributed by atoms with van der Waals surface area (Å²) in [7, 11) is -3.30. The number of anilines is 2. The van der Waals surface area contributed by atoms with Gasteiger partial charge in [-0.3, -0.25) is 14.9 Å². The third-order valence-corrected chi connectivity index (χ3v) is 9.21. The van der Waals surface area contributed by atoms with Crippen LogP contribution in [0.4, 0.5) is 11.4 Å². The number of sulfone groups is 1. The highest BCUT2D eigenvalue weighted by atomic mass is 32.2. The van der Waals surface area contributed by atoms with Gasteiger partial charge in [0.1, 0.15) is 0 Å². The van der Waals surface area contributed by atoms with E-state index in [1.807, 2.05) is 43.3 Å². The molecule has 2 amide bonds. The molecule has 7 nitrogen and oxygen atoms in total. The molecule has 0 radical (unpaired) electrons. The number of rotatable bonds is 4. The van der Waals surface area contributed by atoms with Crippen LogP contribution in [0.5, 0.6) is 0 Å². The number of hydrogen-bond donors (Lipinski definition) is 1. The lowest BCUT2D eigenvalue weighted by Crippen LogP contribution is -2.55. The average molecular weight is 536 g/mol. The molecule has 1 N–H and O–H groups in total. The molecule has 192 valence electrons. The fourth-order valence-electron chi connectivity index (χ4n) is 5.01. The summed E-state index contributed by atoms with van der Waals surface area (Å²) >= 11 is 1.71. The summed E-state index contributed by atoms with van der Waals surface area (Å²) in [6.45, 7) is 3.88. The molecule has 2 unspecified atom stereocenters.